The van der Waals surface area contributed by atoms with Gasteiger partial charge in [-0.3, -0.25) is 9.10 Å². The second-order valence-corrected chi connectivity index (χ2v) is 10.6. The lowest BCUT2D eigenvalue weighted by Gasteiger charge is -2.26. The summed E-state index contributed by atoms with van der Waals surface area (Å²) in [6.45, 7) is 2.18. The van der Waals surface area contributed by atoms with E-state index in [2.05, 4.69) is 5.32 Å². The number of sulfonamides is 1. The van der Waals surface area contributed by atoms with Crippen molar-refractivity contribution in [3.63, 3.8) is 0 Å². The normalized spacial score (nSPS) is 11.0. The van der Waals surface area contributed by atoms with Crippen LogP contribution in [0.25, 0.3) is 0 Å². The molecule has 1 N–H and O–H groups in total. The summed E-state index contributed by atoms with van der Waals surface area (Å²) >= 11 is 0. The molecule has 0 bridgehead atoms. The number of ether oxygens (including phenoxy) is 2. The van der Waals surface area contributed by atoms with E-state index in [1.54, 1.807) is 74.9 Å². The number of nitrogens with zero attached hydrogens (tertiary/aromatic N) is 1. The highest BCUT2D eigenvalue weighted by atomic mass is 32.2. The highest BCUT2D eigenvalue weighted by molar-refractivity contribution is 7.92. The SMILES string of the molecule is COc1ccc(CNC(=O)c2ccccc2N(Cc2ccccc2)S(=O)(=O)c2ccc(C)cc2)cc1OC. The molecule has 0 saturated carbocycles. The molecule has 0 radical (unpaired) electrons. The van der Waals surface area contributed by atoms with E-state index in [0.29, 0.717) is 17.2 Å². The molecule has 0 atom stereocenters. The number of methoxy groups -OCH3 is 2. The van der Waals surface area contributed by atoms with Crippen molar-refractivity contribution in [1.82, 2.24) is 5.32 Å². The third kappa shape index (κ3) is 5.98. The van der Waals surface area contributed by atoms with Gasteiger partial charge >= 0.3 is 0 Å². The molecule has 0 aliphatic carbocycles. The Morgan fingerprint density at radius 2 is 1.45 bits per heavy atom. The number of amides is 1. The van der Waals surface area contributed by atoms with Crippen molar-refractivity contribution in [3.8, 4) is 11.5 Å². The zero-order chi connectivity index (χ0) is 27.1. The summed E-state index contributed by atoms with van der Waals surface area (Å²) in [5.74, 6) is 0.746. The quantitative estimate of drug-likeness (QED) is 0.299. The van der Waals surface area contributed by atoms with Crippen molar-refractivity contribution in [2.45, 2.75) is 24.9 Å². The third-order valence-corrected chi connectivity index (χ3v) is 7.87. The lowest BCUT2D eigenvalue weighted by molar-refractivity contribution is 0.0951. The number of carbonyl (C=O) groups excluding carboxylic acids is 1. The van der Waals surface area contributed by atoms with Crippen molar-refractivity contribution in [2.24, 2.45) is 0 Å². The molecular weight excluding hydrogens is 500 g/mol. The van der Waals surface area contributed by atoms with Gasteiger partial charge in [-0.05, 0) is 54.4 Å². The minimum atomic E-state index is -3.99. The van der Waals surface area contributed by atoms with Crippen LogP contribution in [0.4, 0.5) is 5.69 Å². The molecular formula is C30H30N2O5S. The van der Waals surface area contributed by atoms with Crippen LogP contribution in [0.3, 0.4) is 0 Å². The van der Waals surface area contributed by atoms with E-state index in [4.69, 9.17) is 9.47 Å². The lowest BCUT2D eigenvalue weighted by atomic mass is 10.1. The van der Waals surface area contributed by atoms with Gasteiger partial charge in [0.2, 0.25) is 0 Å². The van der Waals surface area contributed by atoms with E-state index in [-0.39, 0.29) is 23.5 Å². The maximum Gasteiger partial charge on any atom is 0.264 e. The first-order valence-electron chi connectivity index (χ1n) is 12.0. The predicted molar refractivity (Wildman–Crippen MR) is 148 cm³/mol. The van der Waals surface area contributed by atoms with Crippen molar-refractivity contribution in [3.05, 3.63) is 119 Å². The summed E-state index contributed by atoms with van der Waals surface area (Å²) in [6.07, 6.45) is 0. The van der Waals surface area contributed by atoms with E-state index in [1.807, 2.05) is 43.3 Å². The van der Waals surface area contributed by atoms with Crippen molar-refractivity contribution >= 4 is 21.6 Å². The summed E-state index contributed by atoms with van der Waals surface area (Å²) < 4.78 is 39.7. The van der Waals surface area contributed by atoms with Crippen LogP contribution in [-0.4, -0.2) is 28.5 Å². The fourth-order valence-electron chi connectivity index (χ4n) is 4.04. The van der Waals surface area contributed by atoms with Gasteiger partial charge in [-0.1, -0.05) is 66.2 Å². The van der Waals surface area contributed by atoms with Crippen molar-refractivity contribution < 1.29 is 22.7 Å². The first-order chi connectivity index (χ1) is 18.3. The number of aryl methyl sites for hydroxylation is 1. The van der Waals surface area contributed by atoms with Crippen LogP contribution >= 0.6 is 0 Å². The number of anilines is 1. The summed E-state index contributed by atoms with van der Waals surface area (Å²) in [6, 6.07) is 28.1. The molecule has 4 rings (SSSR count). The number of hydrogen-bond donors (Lipinski definition) is 1. The monoisotopic (exact) mass is 530 g/mol. The largest absolute Gasteiger partial charge is 0.493 e. The topological polar surface area (TPSA) is 84.9 Å². The molecule has 7 nitrogen and oxygen atoms in total. The number of nitrogens with one attached hydrogen (secondary N) is 1. The Labute approximate surface area is 223 Å². The minimum absolute atomic E-state index is 0.0665. The molecule has 0 unspecified atom stereocenters. The van der Waals surface area contributed by atoms with Gasteiger partial charge in [0.1, 0.15) is 0 Å². The maximum atomic E-state index is 13.9. The van der Waals surface area contributed by atoms with E-state index >= 15 is 0 Å². The average molecular weight is 531 g/mol. The fraction of sp³-hybridized carbons (Fsp3) is 0.167. The van der Waals surface area contributed by atoms with Crippen molar-refractivity contribution in [1.29, 1.82) is 0 Å². The van der Waals surface area contributed by atoms with E-state index in [1.165, 1.54) is 4.31 Å². The first kappa shape index (κ1) is 26.8. The average Bonchev–Trinajstić information content (AvgIpc) is 2.95. The number of carbonyl (C=O) groups is 1. The highest BCUT2D eigenvalue weighted by Gasteiger charge is 2.28. The van der Waals surface area contributed by atoms with E-state index in [0.717, 1.165) is 16.7 Å². The minimum Gasteiger partial charge on any atom is -0.493 e. The van der Waals surface area contributed by atoms with Crippen LogP contribution in [0.2, 0.25) is 0 Å². The summed E-state index contributed by atoms with van der Waals surface area (Å²) in [5.41, 5.74) is 3.10. The van der Waals surface area contributed by atoms with Gasteiger partial charge in [-0.15, -0.1) is 0 Å². The molecule has 0 aliphatic rings. The highest BCUT2D eigenvalue weighted by Crippen LogP contribution is 2.30. The molecule has 4 aromatic rings. The lowest BCUT2D eigenvalue weighted by Crippen LogP contribution is -2.33. The summed E-state index contributed by atoms with van der Waals surface area (Å²) in [5, 5.41) is 2.91. The second-order valence-electron chi connectivity index (χ2n) is 8.70. The van der Waals surface area contributed by atoms with E-state index in [9.17, 15) is 13.2 Å². The molecule has 0 fully saturated rings. The zero-order valence-corrected chi connectivity index (χ0v) is 22.4. The van der Waals surface area contributed by atoms with Crippen LogP contribution in [0, 0.1) is 6.92 Å². The number of hydrogen-bond acceptors (Lipinski definition) is 5. The van der Waals surface area contributed by atoms with Crippen LogP contribution in [-0.2, 0) is 23.1 Å². The molecule has 0 spiro atoms. The third-order valence-electron chi connectivity index (χ3n) is 6.10. The van der Waals surface area contributed by atoms with Gasteiger partial charge in [0, 0.05) is 6.54 Å². The molecule has 0 heterocycles. The Bertz CT molecular complexity index is 1500. The molecule has 8 heteroatoms. The van der Waals surface area contributed by atoms with Gasteiger partial charge in [-0.25, -0.2) is 8.42 Å². The van der Waals surface area contributed by atoms with Gasteiger partial charge < -0.3 is 14.8 Å². The van der Waals surface area contributed by atoms with Crippen LogP contribution < -0.4 is 19.1 Å². The molecule has 196 valence electrons. The van der Waals surface area contributed by atoms with Crippen molar-refractivity contribution in [2.75, 3.05) is 18.5 Å². The number of para-hydroxylation sites is 1. The molecule has 38 heavy (non-hydrogen) atoms. The Morgan fingerprint density at radius 1 is 0.789 bits per heavy atom. The number of benzene rings is 4. The van der Waals surface area contributed by atoms with E-state index < -0.39 is 15.9 Å². The molecule has 0 aliphatic heterocycles. The predicted octanol–water partition coefficient (Wildman–Crippen LogP) is 5.34. The molecule has 1 amide bonds. The first-order valence-corrected chi connectivity index (χ1v) is 13.5. The van der Waals surface area contributed by atoms with Gasteiger partial charge in [0.15, 0.2) is 11.5 Å². The van der Waals surface area contributed by atoms with Crippen LogP contribution in [0.15, 0.2) is 102 Å². The molecule has 0 aromatic heterocycles. The molecule has 4 aromatic carbocycles. The molecule has 0 saturated heterocycles. The Morgan fingerprint density at radius 3 is 2.13 bits per heavy atom. The maximum absolute atomic E-state index is 13.9. The Kier molecular flexibility index (Phi) is 8.33. The second kappa shape index (κ2) is 11.8. The van der Waals surface area contributed by atoms with Gasteiger partial charge in [0.25, 0.3) is 15.9 Å². The van der Waals surface area contributed by atoms with Gasteiger partial charge in [0.05, 0.1) is 36.9 Å². The zero-order valence-electron chi connectivity index (χ0n) is 21.5. The fourth-order valence-corrected chi connectivity index (χ4v) is 5.51. The number of rotatable bonds is 10. The van der Waals surface area contributed by atoms with Gasteiger partial charge in [-0.2, -0.15) is 0 Å². The summed E-state index contributed by atoms with van der Waals surface area (Å²) in [7, 11) is -0.880. The van der Waals surface area contributed by atoms with Crippen LogP contribution in [0.1, 0.15) is 27.0 Å². The van der Waals surface area contributed by atoms with Crippen LogP contribution in [0.5, 0.6) is 11.5 Å². The summed E-state index contributed by atoms with van der Waals surface area (Å²) in [4.78, 5) is 13.5. The standard InChI is InChI=1S/C30H30N2O5S/c1-22-13-16-25(17-14-22)38(34,35)32(21-23-9-5-4-6-10-23)27-12-8-7-11-26(27)30(33)31-20-24-15-18-28(36-2)29(19-24)37-3/h4-19H,20-21H2,1-3H3,(H,31,33). The Balaban J connectivity index is 1.68. The smallest absolute Gasteiger partial charge is 0.264 e. The Hall–Kier alpha value is -4.30.